The Bertz CT molecular complexity index is 1440. The number of hydrogen-bond donors (Lipinski definition) is 1. The quantitative estimate of drug-likeness (QED) is 0.591. The van der Waals surface area contributed by atoms with Crippen molar-refractivity contribution in [2.45, 2.75) is 25.7 Å². The van der Waals surface area contributed by atoms with Crippen LogP contribution in [0.4, 0.5) is 5.69 Å². The van der Waals surface area contributed by atoms with E-state index in [1.807, 2.05) is 0 Å². The van der Waals surface area contributed by atoms with Gasteiger partial charge in [0.1, 0.15) is 5.65 Å². The Morgan fingerprint density at radius 2 is 1.75 bits per heavy atom. The zero-order valence-electron chi connectivity index (χ0n) is 18.5. The van der Waals surface area contributed by atoms with Gasteiger partial charge in [-0.1, -0.05) is 19.9 Å². The molecule has 1 N–H and O–H groups in total. The van der Waals surface area contributed by atoms with Crippen LogP contribution in [0.3, 0.4) is 0 Å². The van der Waals surface area contributed by atoms with Crippen LogP contribution in [0, 0.1) is 6.92 Å². The first-order valence-corrected chi connectivity index (χ1v) is 11.4. The zero-order valence-corrected chi connectivity index (χ0v) is 19.4. The number of sulfonamides is 1. The topological polar surface area (TPSA) is 123 Å². The maximum atomic E-state index is 12.9. The summed E-state index contributed by atoms with van der Waals surface area (Å²) < 4.78 is 29.4. The van der Waals surface area contributed by atoms with Gasteiger partial charge >= 0.3 is 5.69 Å². The molecule has 0 aliphatic carbocycles. The number of rotatable bonds is 6. The van der Waals surface area contributed by atoms with Gasteiger partial charge < -0.3 is 5.32 Å². The smallest absolute Gasteiger partial charge is 0.321 e. The fourth-order valence-electron chi connectivity index (χ4n) is 3.46. The van der Waals surface area contributed by atoms with Crippen LogP contribution in [0.15, 0.2) is 44.9 Å². The molecular weight excluding hydrogens is 434 g/mol. The van der Waals surface area contributed by atoms with Crippen LogP contribution >= 0.6 is 0 Å². The van der Waals surface area contributed by atoms with Crippen molar-refractivity contribution in [3.63, 3.8) is 0 Å². The predicted molar refractivity (Wildman–Crippen MR) is 121 cm³/mol. The van der Waals surface area contributed by atoms with Crippen molar-refractivity contribution in [3.8, 4) is 0 Å². The number of nitrogens with zero attached hydrogens (tertiary/aromatic N) is 4. The average molecular weight is 460 g/mol. The first-order valence-electron chi connectivity index (χ1n) is 10.0. The second kappa shape index (κ2) is 8.67. The Kier molecular flexibility index (Phi) is 6.33. The highest BCUT2D eigenvalue weighted by Crippen LogP contribution is 2.22. The van der Waals surface area contributed by atoms with E-state index in [0.717, 1.165) is 4.57 Å². The Hall–Kier alpha value is -3.31. The lowest BCUT2D eigenvalue weighted by Crippen LogP contribution is -2.37. The zero-order chi connectivity index (χ0) is 23.8. The van der Waals surface area contributed by atoms with Crippen LogP contribution < -0.4 is 16.6 Å². The van der Waals surface area contributed by atoms with Crippen molar-refractivity contribution in [1.29, 1.82) is 0 Å². The van der Waals surface area contributed by atoms with Crippen LogP contribution in [0.1, 0.15) is 29.8 Å². The summed E-state index contributed by atoms with van der Waals surface area (Å²) in [5.74, 6) is -0.552. The van der Waals surface area contributed by atoms with Crippen LogP contribution in [0.5, 0.6) is 0 Å². The lowest BCUT2D eigenvalue weighted by atomic mass is 10.1. The van der Waals surface area contributed by atoms with Gasteiger partial charge in [-0.3, -0.25) is 18.7 Å². The number of fused-ring (bicyclic) bond motifs is 1. The molecule has 0 aliphatic rings. The normalized spacial score (nSPS) is 11.8. The molecule has 32 heavy (non-hydrogen) atoms. The fraction of sp³-hybridized carbons (Fsp3) is 0.333. The molecule has 11 heteroatoms. The summed E-state index contributed by atoms with van der Waals surface area (Å²) in [6.07, 6.45) is 1.33. The summed E-state index contributed by atoms with van der Waals surface area (Å²) in [5, 5.41) is 2.81. The van der Waals surface area contributed by atoms with E-state index in [4.69, 9.17) is 0 Å². The lowest BCUT2D eigenvalue weighted by molar-refractivity contribution is 0.102. The fourth-order valence-corrected chi connectivity index (χ4v) is 5.17. The molecule has 3 aromatic rings. The van der Waals surface area contributed by atoms with Gasteiger partial charge in [-0.2, -0.15) is 4.31 Å². The van der Waals surface area contributed by atoms with Crippen LogP contribution in [0.25, 0.3) is 11.0 Å². The van der Waals surface area contributed by atoms with Crippen molar-refractivity contribution in [1.82, 2.24) is 18.4 Å². The van der Waals surface area contributed by atoms with Crippen LogP contribution in [-0.2, 0) is 24.1 Å². The van der Waals surface area contributed by atoms with Crippen molar-refractivity contribution < 1.29 is 13.2 Å². The molecule has 1 amide bonds. The number of carbonyl (C=O) groups is 1. The van der Waals surface area contributed by atoms with E-state index in [2.05, 4.69) is 10.3 Å². The number of aromatic nitrogens is 3. The molecule has 170 valence electrons. The predicted octanol–water partition coefficient (Wildman–Crippen LogP) is 1.22. The molecule has 0 saturated heterocycles. The molecule has 0 atom stereocenters. The summed E-state index contributed by atoms with van der Waals surface area (Å²) in [5.41, 5.74) is 0.0778. The van der Waals surface area contributed by atoms with E-state index < -0.39 is 27.2 Å². The maximum Gasteiger partial charge on any atom is 0.332 e. The summed E-state index contributed by atoms with van der Waals surface area (Å²) in [4.78, 5) is 41.5. The minimum Gasteiger partial charge on any atom is -0.321 e. The largest absolute Gasteiger partial charge is 0.332 e. The van der Waals surface area contributed by atoms with Gasteiger partial charge in [0.2, 0.25) is 10.0 Å². The first kappa shape index (κ1) is 23.4. The van der Waals surface area contributed by atoms with Gasteiger partial charge in [0.25, 0.3) is 11.5 Å². The van der Waals surface area contributed by atoms with E-state index in [0.29, 0.717) is 18.7 Å². The van der Waals surface area contributed by atoms with E-state index in [1.54, 1.807) is 26.8 Å². The third kappa shape index (κ3) is 3.96. The molecule has 3 rings (SSSR count). The van der Waals surface area contributed by atoms with Crippen molar-refractivity contribution >= 4 is 32.7 Å². The van der Waals surface area contributed by atoms with E-state index in [-0.39, 0.29) is 27.2 Å². The number of carbonyl (C=O) groups excluding carboxylic acids is 1. The Labute approximate surface area is 185 Å². The number of pyridine rings is 1. The Morgan fingerprint density at radius 3 is 2.38 bits per heavy atom. The molecular formula is C21H25N5O5S. The molecule has 1 aromatic carbocycles. The number of hydrogen-bond acceptors (Lipinski definition) is 6. The average Bonchev–Trinajstić information content (AvgIpc) is 2.76. The Balaban J connectivity index is 2.00. The van der Waals surface area contributed by atoms with Gasteiger partial charge in [0.15, 0.2) is 0 Å². The SMILES string of the molecule is CCN(CC)S(=O)(=O)c1cc(C(=O)Nc2cnc3c(c2)c(=O)n(C)c(=O)n3C)ccc1C. The molecule has 0 radical (unpaired) electrons. The number of amides is 1. The highest BCUT2D eigenvalue weighted by atomic mass is 32.2. The minimum atomic E-state index is -3.74. The van der Waals surface area contributed by atoms with Gasteiger partial charge in [0.05, 0.1) is 22.2 Å². The molecule has 2 aromatic heterocycles. The second-order valence-electron chi connectivity index (χ2n) is 7.32. The van der Waals surface area contributed by atoms with E-state index in [1.165, 1.54) is 47.4 Å². The monoisotopic (exact) mass is 459 g/mol. The minimum absolute atomic E-state index is 0.0642. The number of nitrogens with one attached hydrogen (secondary N) is 1. The highest BCUT2D eigenvalue weighted by Gasteiger charge is 2.25. The first-order chi connectivity index (χ1) is 15.0. The standard InChI is InChI=1S/C21H25N5O5S/c1-6-26(7-2)32(30,31)17-10-14(9-8-13(17)3)19(27)23-15-11-16-18(22-12-15)24(4)21(29)25(5)20(16)28/h8-12H,6-7H2,1-5H3,(H,23,27). The molecule has 0 unspecified atom stereocenters. The molecule has 2 heterocycles. The third-order valence-electron chi connectivity index (χ3n) is 5.32. The van der Waals surface area contributed by atoms with Gasteiger partial charge in [0, 0.05) is 32.7 Å². The lowest BCUT2D eigenvalue weighted by Gasteiger charge is -2.20. The van der Waals surface area contributed by atoms with Crippen molar-refractivity contribution in [2.24, 2.45) is 14.1 Å². The van der Waals surface area contributed by atoms with E-state index >= 15 is 0 Å². The van der Waals surface area contributed by atoms with Gasteiger partial charge in [-0.25, -0.2) is 18.2 Å². The highest BCUT2D eigenvalue weighted by molar-refractivity contribution is 7.89. The summed E-state index contributed by atoms with van der Waals surface area (Å²) >= 11 is 0. The van der Waals surface area contributed by atoms with Crippen LogP contribution in [-0.4, -0.2) is 45.8 Å². The van der Waals surface area contributed by atoms with Crippen molar-refractivity contribution in [3.05, 3.63) is 62.4 Å². The number of benzene rings is 1. The molecule has 0 saturated carbocycles. The van der Waals surface area contributed by atoms with Crippen molar-refractivity contribution in [2.75, 3.05) is 18.4 Å². The van der Waals surface area contributed by atoms with Gasteiger partial charge in [-0.05, 0) is 30.7 Å². The number of aryl methyl sites for hydroxylation is 2. The summed E-state index contributed by atoms with van der Waals surface area (Å²) in [6.45, 7) is 5.80. The molecule has 0 spiro atoms. The van der Waals surface area contributed by atoms with E-state index in [9.17, 15) is 22.8 Å². The van der Waals surface area contributed by atoms with Crippen LogP contribution in [0.2, 0.25) is 0 Å². The second-order valence-corrected chi connectivity index (χ2v) is 9.23. The molecule has 0 fully saturated rings. The summed E-state index contributed by atoms with van der Waals surface area (Å²) in [7, 11) is -0.884. The molecule has 0 bridgehead atoms. The number of anilines is 1. The maximum absolute atomic E-state index is 12.9. The third-order valence-corrected chi connectivity index (χ3v) is 7.52. The van der Waals surface area contributed by atoms with Gasteiger partial charge in [-0.15, -0.1) is 0 Å². The summed E-state index contributed by atoms with van der Waals surface area (Å²) in [6, 6.07) is 5.89. The Morgan fingerprint density at radius 1 is 1.09 bits per heavy atom. The molecule has 0 aliphatic heterocycles. The molecule has 10 nitrogen and oxygen atoms in total.